The molecular weight excluding hydrogens is 341 g/mol. The average molecular weight is 358 g/mol. The number of carboxylic acids is 1. The van der Waals surface area contributed by atoms with E-state index in [0.717, 1.165) is 6.08 Å². The molecule has 1 aromatic carbocycles. The maximum atomic E-state index is 13.5. The Balaban J connectivity index is 2.83. The number of carboxylic acid groups (broad SMARTS) is 1. The van der Waals surface area contributed by atoms with Gasteiger partial charge in [-0.3, -0.25) is 4.79 Å². The maximum absolute atomic E-state index is 13.5. The molecule has 0 saturated carbocycles. The van der Waals surface area contributed by atoms with E-state index in [9.17, 15) is 14.0 Å². The van der Waals surface area contributed by atoms with Crippen LogP contribution in [0.25, 0.3) is 6.08 Å². The summed E-state index contributed by atoms with van der Waals surface area (Å²) in [5, 5.41) is 11.5. The van der Waals surface area contributed by atoms with Crippen molar-refractivity contribution in [2.24, 2.45) is 5.41 Å². The summed E-state index contributed by atoms with van der Waals surface area (Å²) in [7, 11) is 0. The molecule has 4 nitrogen and oxygen atoms in total. The molecule has 21 heavy (non-hydrogen) atoms. The minimum Gasteiger partial charge on any atom is -0.480 e. The fourth-order valence-corrected chi connectivity index (χ4v) is 2.03. The van der Waals surface area contributed by atoms with Crippen LogP contribution in [-0.2, 0) is 9.59 Å². The van der Waals surface area contributed by atoms with Gasteiger partial charge in [0.15, 0.2) is 0 Å². The molecular formula is C15H17BrFNO3. The molecule has 1 rings (SSSR count). The Morgan fingerprint density at radius 2 is 2.00 bits per heavy atom. The summed E-state index contributed by atoms with van der Waals surface area (Å²) in [4.78, 5) is 22.9. The highest BCUT2D eigenvalue weighted by Crippen LogP contribution is 2.20. The molecule has 0 heterocycles. The largest absolute Gasteiger partial charge is 0.480 e. The first-order valence-electron chi connectivity index (χ1n) is 6.27. The van der Waals surface area contributed by atoms with Crippen LogP contribution in [0.5, 0.6) is 0 Å². The van der Waals surface area contributed by atoms with E-state index in [1.165, 1.54) is 18.2 Å². The molecule has 0 radical (unpaired) electrons. The van der Waals surface area contributed by atoms with Crippen LogP contribution < -0.4 is 5.32 Å². The number of hydrogen-bond acceptors (Lipinski definition) is 2. The Morgan fingerprint density at radius 3 is 2.52 bits per heavy atom. The van der Waals surface area contributed by atoms with E-state index >= 15 is 0 Å². The summed E-state index contributed by atoms with van der Waals surface area (Å²) >= 11 is 3.21. The van der Waals surface area contributed by atoms with Crippen molar-refractivity contribution in [3.63, 3.8) is 0 Å². The standard InChI is InChI=1S/C15H17BrFNO3/c1-15(2,3)13(14(20)21)18-12(19)7-4-9-8-10(16)5-6-11(9)17/h4-8,13H,1-3H3,(H,18,19)(H,20,21)/b7-4+/t13-/m0/s1. The molecule has 2 N–H and O–H groups in total. The Kier molecular flexibility index (Phi) is 5.66. The first kappa shape index (κ1) is 17.4. The number of nitrogens with one attached hydrogen (secondary N) is 1. The number of amides is 1. The third-order valence-corrected chi connectivity index (χ3v) is 3.27. The zero-order valence-corrected chi connectivity index (χ0v) is 13.6. The molecule has 6 heteroatoms. The number of carbonyl (C=O) groups is 2. The lowest BCUT2D eigenvalue weighted by atomic mass is 9.87. The number of benzene rings is 1. The fraction of sp³-hybridized carbons (Fsp3) is 0.333. The lowest BCUT2D eigenvalue weighted by Gasteiger charge is -2.27. The molecule has 0 bridgehead atoms. The van der Waals surface area contributed by atoms with Crippen LogP contribution in [0.2, 0.25) is 0 Å². The molecule has 0 saturated heterocycles. The zero-order chi connectivity index (χ0) is 16.2. The van der Waals surface area contributed by atoms with Crippen LogP contribution in [0.4, 0.5) is 4.39 Å². The van der Waals surface area contributed by atoms with E-state index in [1.807, 2.05) is 0 Å². The van der Waals surface area contributed by atoms with Gasteiger partial charge in [0.1, 0.15) is 11.9 Å². The summed E-state index contributed by atoms with van der Waals surface area (Å²) < 4.78 is 14.2. The van der Waals surface area contributed by atoms with E-state index in [2.05, 4.69) is 21.2 Å². The highest BCUT2D eigenvalue weighted by molar-refractivity contribution is 9.10. The number of rotatable bonds is 4. The van der Waals surface area contributed by atoms with E-state index in [1.54, 1.807) is 26.8 Å². The average Bonchev–Trinajstić information content (AvgIpc) is 2.35. The number of hydrogen-bond donors (Lipinski definition) is 2. The second-order valence-corrected chi connectivity index (χ2v) is 6.56. The van der Waals surface area contributed by atoms with Crippen molar-refractivity contribution in [1.82, 2.24) is 5.32 Å². The Hall–Kier alpha value is -1.69. The van der Waals surface area contributed by atoms with Crippen LogP contribution in [0.3, 0.4) is 0 Å². The Labute approximate surface area is 131 Å². The molecule has 0 aliphatic heterocycles. The smallest absolute Gasteiger partial charge is 0.326 e. The lowest BCUT2D eigenvalue weighted by Crippen LogP contribution is -2.48. The topological polar surface area (TPSA) is 66.4 Å². The molecule has 1 aromatic rings. The van der Waals surface area contributed by atoms with E-state index < -0.39 is 29.2 Å². The predicted molar refractivity (Wildman–Crippen MR) is 82.2 cm³/mol. The summed E-state index contributed by atoms with van der Waals surface area (Å²) in [5.41, 5.74) is -0.391. The van der Waals surface area contributed by atoms with Gasteiger partial charge >= 0.3 is 5.97 Å². The first-order valence-corrected chi connectivity index (χ1v) is 7.07. The Bertz CT molecular complexity index is 579. The van der Waals surface area contributed by atoms with Crippen molar-refractivity contribution in [2.45, 2.75) is 26.8 Å². The van der Waals surface area contributed by atoms with Crippen LogP contribution in [0.1, 0.15) is 26.3 Å². The molecule has 0 unspecified atom stereocenters. The van der Waals surface area contributed by atoms with Gasteiger partial charge in [-0.1, -0.05) is 36.7 Å². The molecule has 0 spiro atoms. The first-order chi connectivity index (χ1) is 9.61. The van der Waals surface area contributed by atoms with Gasteiger partial charge in [0, 0.05) is 16.1 Å². The van der Waals surface area contributed by atoms with Gasteiger partial charge in [0.05, 0.1) is 0 Å². The third kappa shape index (κ3) is 5.30. The van der Waals surface area contributed by atoms with Gasteiger partial charge in [0.2, 0.25) is 5.91 Å². The zero-order valence-electron chi connectivity index (χ0n) is 12.0. The summed E-state index contributed by atoms with van der Waals surface area (Å²) in [6.45, 7) is 5.14. The molecule has 114 valence electrons. The van der Waals surface area contributed by atoms with Crippen molar-refractivity contribution in [1.29, 1.82) is 0 Å². The number of halogens is 2. The summed E-state index contributed by atoms with van der Waals surface area (Å²) in [5.74, 6) is -2.16. The normalized spacial score (nSPS) is 13.2. The van der Waals surface area contributed by atoms with Gasteiger partial charge in [-0.2, -0.15) is 0 Å². The quantitative estimate of drug-likeness (QED) is 0.813. The summed E-state index contributed by atoms with van der Waals surface area (Å²) in [6, 6.07) is 3.32. The monoisotopic (exact) mass is 357 g/mol. The highest BCUT2D eigenvalue weighted by Gasteiger charge is 2.31. The molecule has 1 atom stereocenters. The van der Waals surface area contributed by atoms with Crippen molar-refractivity contribution >= 4 is 33.9 Å². The molecule has 0 aromatic heterocycles. The lowest BCUT2D eigenvalue weighted by molar-refractivity contribution is -0.144. The molecule has 0 fully saturated rings. The van der Waals surface area contributed by atoms with Crippen molar-refractivity contribution < 1.29 is 19.1 Å². The van der Waals surface area contributed by atoms with E-state index in [0.29, 0.717) is 4.47 Å². The second-order valence-electron chi connectivity index (χ2n) is 5.65. The predicted octanol–water partition coefficient (Wildman–Crippen LogP) is 3.22. The summed E-state index contributed by atoms with van der Waals surface area (Å²) in [6.07, 6.45) is 2.42. The highest BCUT2D eigenvalue weighted by atomic mass is 79.9. The van der Waals surface area contributed by atoms with Gasteiger partial charge in [-0.05, 0) is 29.7 Å². The fourth-order valence-electron chi connectivity index (χ4n) is 1.65. The van der Waals surface area contributed by atoms with Gasteiger partial charge in [0.25, 0.3) is 0 Å². The molecule has 0 aliphatic carbocycles. The van der Waals surface area contributed by atoms with E-state index in [-0.39, 0.29) is 5.56 Å². The van der Waals surface area contributed by atoms with Gasteiger partial charge in [-0.15, -0.1) is 0 Å². The van der Waals surface area contributed by atoms with Crippen LogP contribution in [0, 0.1) is 11.2 Å². The number of carbonyl (C=O) groups excluding carboxylic acids is 1. The molecule has 0 aliphatic rings. The molecule has 1 amide bonds. The SMILES string of the molecule is CC(C)(C)[C@@H](NC(=O)/C=C/c1cc(Br)ccc1F)C(=O)O. The van der Waals surface area contributed by atoms with E-state index in [4.69, 9.17) is 5.11 Å². The van der Waals surface area contributed by atoms with Crippen LogP contribution >= 0.6 is 15.9 Å². The van der Waals surface area contributed by atoms with Crippen molar-refractivity contribution in [3.05, 3.63) is 40.1 Å². The van der Waals surface area contributed by atoms with Gasteiger partial charge < -0.3 is 10.4 Å². The minimum atomic E-state index is -1.11. The van der Waals surface area contributed by atoms with Crippen LogP contribution in [-0.4, -0.2) is 23.0 Å². The second kappa shape index (κ2) is 6.85. The van der Waals surface area contributed by atoms with Gasteiger partial charge in [-0.25, -0.2) is 9.18 Å². The number of aliphatic carboxylic acids is 1. The Morgan fingerprint density at radius 1 is 1.38 bits per heavy atom. The minimum absolute atomic E-state index is 0.238. The van der Waals surface area contributed by atoms with Crippen LogP contribution in [0.15, 0.2) is 28.7 Å². The third-order valence-electron chi connectivity index (χ3n) is 2.77. The van der Waals surface area contributed by atoms with Crippen molar-refractivity contribution in [3.8, 4) is 0 Å². The van der Waals surface area contributed by atoms with Crippen molar-refractivity contribution in [2.75, 3.05) is 0 Å². The maximum Gasteiger partial charge on any atom is 0.326 e.